The van der Waals surface area contributed by atoms with Crippen molar-refractivity contribution in [1.29, 1.82) is 0 Å². The van der Waals surface area contributed by atoms with Crippen molar-refractivity contribution in [2.24, 2.45) is 5.92 Å². The molecule has 0 bridgehead atoms. The van der Waals surface area contributed by atoms with Crippen LogP contribution in [0.1, 0.15) is 45.7 Å². The molecule has 0 saturated carbocycles. The maximum absolute atomic E-state index is 4.95. The molecular weight excluding hydrogens is 442 g/mol. The molecule has 0 spiro atoms. The highest BCUT2D eigenvalue weighted by molar-refractivity contribution is 7.27. The van der Waals surface area contributed by atoms with E-state index in [1.807, 2.05) is 17.5 Å². The minimum absolute atomic E-state index is 0.0483. The van der Waals surface area contributed by atoms with Crippen LogP contribution >= 0.6 is 11.3 Å². The average molecular weight is 474 g/mol. The van der Waals surface area contributed by atoms with Crippen molar-refractivity contribution >= 4 is 53.1 Å². The average Bonchev–Trinajstić information content (AvgIpc) is 3.22. The Kier molecular flexibility index (Phi) is 5.19. The van der Waals surface area contributed by atoms with Crippen LogP contribution in [0.5, 0.6) is 0 Å². The lowest BCUT2D eigenvalue weighted by molar-refractivity contribution is 0.596. The summed E-state index contributed by atoms with van der Waals surface area (Å²) in [7, 11) is 0. The monoisotopic (exact) mass is 473 g/mol. The van der Waals surface area contributed by atoms with E-state index in [0.717, 1.165) is 12.1 Å². The summed E-state index contributed by atoms with van der Waals surface area (Å²) in [5.74, 6) is 0.648. The van der Waals surface area contributed by atoms with Gasteiger partial charge in [0.05, 0.1) is 10.4 Å². The van der Waals surface area contributed by atoms with Gasteiger partial charge in [-0.1, -0.05) is 83.1 Å². The van der Waals surface area contributed by atoms with Gasteiger partial charge in [0.25, 0.3) is 0 Å². The highest BCUT2D eigenvalue weighted by Gasteiger charge is 2.20. The first-order valence-electron chi connectivity index (χ1n) is 12.6. The summed E-state index contributed by atoms with van der Waals surface area (Å²) in [4.78, 5) is 4.95. The number of fused-ring (bicyclic) bond motifs is 6. The molecule has 0 unspecified atom stereocenters. The summed E-state index contributed by atoms with van der Waals surface area (Å²) in [6.45, 7) is 11.5. The van der Waals surface area contributed by atoms with Crippen LogP contribution in [0.3, 0.4) is 0 Å². The van der Waals surface area contributed by atoms with Crippen LogP contribution in [0.15, 0.2) is 79.0 Å². The van der Waals surface area contributed by atoms with E-state index in [4.69, 9.17) is 4.98 Å². The SMILES string of the molecule is CC(C)Cc1ccc2ccc3c4ccnc(-c5cc(C(C)(C)C)c6ccccc6c5)c4sc3c2c1. The highest BCUT2D eigenvalue weighted by atomic mass is 32.1. The predicted octanol–water partition coefficient (Wildman–Crippen LogP) is 9.92. The van der Waals surface area contributed by atoms with Crippen LogP contribution in [0, 0.1) is 5.92 Å². The van der Waals surface area contributed by atoms with Crippen LogP contribution in [-0.4, -0.2) is 4.98 Å². The molecule has 0 saturated heterocycles. The summed E-state index contributed by atoms with van der Waals surface area (Å²) in [5.41, 5.74) is 5.13. The van der Waals surface area contributed by atoms with Gasteiger partial charge >= 0.3 is 0 Å². The normalized spacial score (nSPS) is 12.5. The van der Waals surface area contributed by atoms with Gasteiger partial charge in [0.15, 0.2) is 0 Å². The molecular formula is C33H31NS. The Morgan fingerprint density at radius 1 is 0.743 bits per heavy atom. The number of pyridine rings is 1. The highest BCUT2D eigenvalue weighted by Crippen LogP contribution is 2.43. The van der Waals surface area contributed by atoms with Crippen LogP contribution in [-0.2, 0) is 11.8 Å². The number of aromatic nitrogens is 1. The summed E-state index contributed by atoms with van der Waals surface area (Å²) in [5, 5.41) is 7.92. The topological polar surface area (TPSA) is 12.9 Å². The smallest absolute Gasteiger partial charge is 0.0880 e. The number of hydrogen-bond donors (Lipinski definition) is 0. The third-order valence-corrected chi connectivity index (χ3v) is 8.28. The van der Waals surface area contributed by atoms with E-state index in [1.54, 1.807) is 0 Å². The third kappa shape index (κ3) is 3.81. The Bertz CT molecular complexity index is 1730. The zero-order valence-corrected chi connectivity index (χ0v) is 22.0. The van der Waals surface area contributed by atoms with Crippen molar-refractivity contribution in [3.63, 3.8) is 0 Å². The van der Waals surface area contributed by atoms with Crippen molar-refractivity contribution in [1.82, 2.24) is 4.98 Å². The van der Waals surface area contributed by atoms with Gasteiger partial charge in [-0.2, -0.15) is 0 Å². The minimum atomic E-state index is 0.0483. The van der Waals surface area contributed by atoms with E-state index in [9.17, 15) is 0 Å². The zero-order chi connectivity index (χ0) is 24.3. The first-order valence-corrected chi connectivity index (χ1v) is 13.4. The lowest BCUT2D eigenvalue weighted by Crippen LogP contribution is -2.12. The van der Waals surface area contributed by atoms with Crippen LogP contribution in [0.4, 0.5) is 0 Å². The zero-order valence-electron chi connectivity index (χ0n) is 21.1. The minimum Gasteiger partial charge on any atom is -0.255 e. The fourth-order valence-electron chi connectivity index (χ4n) is 5.40. The van der Waals surface area contributed by atoms with Gasteiger partial charge in [-0.05, 0) is 74.7 Å². The van der Waals surface area contributed by atoms with E-state index in [2.05, 4.69) is 107 Å². The molecule has 0 N–H and O–H groups in total. The Hall–Kier alpha value is -3.23. The molecule has 4 aromatic carbocycles. The molecule has 0 amide bonds. The Labute approximate surface area is 211 Å². The first-order chi connectivity index (χ1) is 16.8. The van der Waals surface area contributed by atoms with Gasteiger partial charge in [0.2, 0.25) is 0 Å². The number of thiophene rings is 1. The van der Waals surface area contributed by atoms with Crippen molar-refractivity contribution < 1.29 is 0 Å². The quantitative estimate of drug-likeness (QED) is 0.249. The van der Waals surface area contributed by atoms with E-state index in [0.29, 0.717) is 5.92 Å². The lowest BCUT2D eigenvalue weighted by atomic mass is 9.82. The molecule has 2 heterocycles. The van der Waals surface area contributed by atoms with Gasteiger partial charge in [-0.25, -0.2) is 0 Å². The van der Waals surface area contributed by atoms with Crippen molar-refractivity contribution in [3.8, 4) is 11.3 Å². The van der Waals surface area contributed by atoms with E-state index in [1.165, 1.54) is 58.4 Å². The number of rotatable bonds is 3. The molecule has 174 valence electrons. The van der Waals surface area contributed by atoms with Gasteiger partial charge in [-0.15, -0.1) is 11.3 Å². The molecule has 6 aromatic rings. The Morgan fingerprint density at radius 2 is 1.51 bits per heavy atom. The predicted molar refractivity (Wildman–Crippen MR) is 155 cm³/mol. The molecule has 0 aliphatic rings. The van der Waals surface area contributed by atoms with Crippen LogP contribution in [0.2, 0.25) is 0 Å². The molecule has 0 aliphatic heterocycles. The second-order valence-corrected chi connectivity index (χ2v) is 12.2. The first kappa shape index (κ1) is 22.2. The maximum Gasteiger partial charge on any atom is 0.0880 e. The Balaban J connectivity index is 1.64. The van der Waals surface area contributed by atoms with Crippen molar-refractivity contribution in [3.05, 3.63) is 90.1 Å². The van der Waals surface area contributed by atoms with Gasteiger partial charge < -0.3 is 0 Å². The molecule has 0 aliphatic carbocycles. The van der Waals surface area contributed by atoms with E-state index < -0.39 is 0 Å². The van der Waals surface area contributed by atoms with Crippen LogP contribution in [0.25, 0.3) is 53.0 Å². The second-order valence-electron chi connectivity index (χ2n) is 11.2. The molecule has 2 aromatic heterocycles. The largest absolute Gasteiger partial charge is 0.255 e. The number of nitrogens with zero attached hydrogens (tertiary/aromatic N) is 1. The van der Waals surface area contributed by atoms with Gasteiger partial charge in [-0.3, -0.25) is 4.98 Å². The summed E-state index contributed by atoms with van der Waals surface area (Å²) in [6, 6.07) is 27.2. The van der Waals surface area contributed by atoms with Crippen LogP contribution < -0.4 is 0 Å². The molecule has 0 fully saturated rings. The fraction of sp³-hybridized carbons (Fsp3) is 0.242. The van der Waals surface area contributed by atoms with Gasteiger partial charge in [0, 0.05) is 27.2 Å². The lowest BCUT2D eigenvalue weighted by Gasteiger charge is -2.22. The maximum atomic E-state index is 4.95. The molecule has 0 radical (unpaired) electrons. The molecule has 35 heavy (non-hydrogen) atoms. The molecule has 2 heteroatoms. The summed E-state index contributed by atoms with van der Waals surface area (Å²) in [6.07, 6.45) is 3.09. The van der Waals surface area contributed by atoms with E-state index >= 15 is 0 Å². The summed E-state index contributed by atoms with van der Waals surface area (Å²) < 4.78 is 2.65. The third-order valence-electron chi connectivity index (χ3n) is 7.02. The molecule has 0 atom stereocenters. The standard InChI is InChI=1S/C33H31NS/c1-20(2)16-21-10-11-22-12-13-26-27-14-15-34-30(32(27)35-31(26)28(22)17-21)24-18-23-8-6-7-9-25(23)29(19-24)33(3,4)5/h6-15,17-20H,16H2,1-5H3. The van der Waals surface area contributed by atoms with Crippen molar-refractivity contribution in [2.45, 2.75) is 46.5 Å². The number of benzene rings is 4. The van der Waals surface area contributed by atoms with E-state index in [-0.39, 0.29) is 5.41 Å². The number of hydrogen-bond acceptors (Lipinski definition) is 2. The van der Waals surface area contributed by atoms with Crippen molar-refractivity contribution in [2.75, 3.05) is 0 Å². The molecule has 6 rings (SSSR count). The fourth-order valence-corrected chi connectivity index (χ4v) is 6.73. The Morgan fingerprint density at radius 3 is 2.31 bits per heavy atom. The second kappa shape index (κ2) is 8.17. The molecule has 1 nitrogen and oxygen atoms in total. The van der Waals surface area contributed by atoms with Gasteiger partial charge in [0.1, 0.15) is 0 Å². The summed E-state index contributed by atoms with van der Waals surface area (Å²) >= 11 is 1.90.